The van der Waals surface area contributed by atoms with E-state index >= 15 is 0 Å². The van der Waals surface area contributed by atoms with E-state index in [1.54, 1.807) is 6.07 Å². The lowest BCUT2D eigenvalue weighted by molar-refractivity contribution is -0.131. The zero-order valence-corrected chi connectivity index (χ0v) is 12.2. The summed E-state index contributed by atoms with van der Waals surface area (Å²) in [6.07, 6.45) is 3.43. The number of carbonyl (C=O) groups excluding carboxylic acids is 1. The van der Waals surface area contributed by atoms with Crippen LogP contribution < -0.4 is 5.73 Å². The highest BCUT2D eigenvalue weighted by Crippen LogP contribution is 2.20. The molecule has 5 nitrogen and oxygen atoms in total. The molecule has 6 heteroatoms. The molecule has 1 unspecified atom stereocenters. The number of aryl methyl sites for hydroxylation is 1. The molecule has 2 N–H and O–H groups in total. The van der Waals surface area contributed by atoms with Gasteiger partial charge in [-0.05, 0) is 33.1 Å². The summed E-state index contributed by atoms with van der Waals surface area (Å²) in [5.41, 5.74) is 6.50. The topological polar surface area (TPSA) is 72.1 Å². The number of thioether (sulfide) groups is 1. The molecule has 1 saturated heterocycles. The first-order valence-electron chi connectivity index (χ1n) is 6.59. The minimum absolute atomic E-state index is 0.167. The maximum atomic E-state index is 12.2. The Bertz CT molecular complexity index is 446. The van der Waals surface area contributed by atoms with Crippen molar-refractivity contribution in [3.63, 3.8) is 0 Å². The summed E-state index contributed by atoms with van der Waals surface area (Å²) >= 11 is 1.36. The number of carbonyl (C=O) groups is 1. The van der Waals surface area contributed by atoms with Crippen molar-refractivity contribution in [2.75, 3.05) is 18.0 Å². The van der Waals surface area contributed by atoms with Gasteiger partial charge in [0.2, 0.25) is 5.91 Å². The molecule has 1 aliphatic heterocycles. The van der Waals surface area contributed by atoms with Crippen molar-refractivity contribution in [1.82, 2.24) is 14.9 Å². The molecular formula is C13H20N4OS. The van der Waals surface area contributed by atoms with E-state index in [0.717, 1.165) is 25.1 Å². The van der Waals surface area contributed by atoms with Crippen molar-refractivity contribution >= 4 is 23.5 Å². The minimum atomic E-state index is 0.167. The molecular weight excluding hydrogens is 260 g/mol. The highest BCUT2D eigenvalue weighted by Gasteiger charge is 2.23. The fraction of sp³-hybridized carbons (Fsp3) is 0.615. The standard InChI is InChI=1S/C13H20N4OS/c1-9-7-11(14)16-13(15-9)19-8-12(18)17-6-4-3-5-10(17)2/h7,10H,3-6,8H2,1-2H3,(H2,14,15,16). The van der Waals surface area contributed by atoms with Crippen molar-refractivity contribution in [2.45, 2.75) is 44.3 Å². The minimum Gasteiger partial charge on any atom is -0.384 e. The summed E-state index contributed by atoms with van der Waals surface area (Å²) in [5, 5.41) is 0.579. The van der Waals surface area contributed by atoms with Crippen molar-refractivity contribution in [2.24, 2.45) is 0 Å². The second kappa shape index (κ2) is 6.23. The average molecular weight is 280 g/mol. The van der Waals surface area contributed by atoms with Gasteiger partial charge in [0.1, 0.15) is 5.82 Å². The van der Waals surface area contributed by atoms with E-state index in [-0.39, 0.29) is 5.91 Å². The maximum Gasteiger partial charge on any atom is 0.233 e. The van der Waals surface area contributed by atoms with E-state index in [0.29, 0.717) is 22.8 Å². The smallest absolute Gasteiger partial charge is 0.233 e. The van der Waals surface area contributed by atoms with Gasteiger partial charge in [-0.15, -0.1) is 0 Å². The zero-order valence-electron chi connectivity index (χ0n) is 11.4. The Morgan fingerprint density at radius 1 is 1.53 bits per heavy atom. The molecule has 1 aliphatic rings. The fourth-order valence-corrected chi connectivity index (χ4v) is 3.10. The molecule has 1 atom stereocenters. The summed E-state index contributed by atoms with van der Waals surface area (Å²) in [7, 11) is 0. The van der Waals surface area contributed by atoms with Crippen molar-refractivity contribution in [3.8, 4) is 0 Å². The Morgan fingerprint density at radius 2 is 2.32 bits per heavy atom. The van der Waals surface area contributed by atoms with E-state index < -0.39 is 0 Å². The molecule has 1 fully saturated rings. The van der Waals surface area contributed by atoms with Crippen LogP contribution in [0.15, 0.2) is 11.2 Å². The van der Waals surface area contributed by atoms with Gasteiger partial charge in [0.15, 0.2) is 5.16 Å². The zero-order chi connectivity index (χ0) is 13.8. The highest BCUT2D eigenvalue weighted by atomic mass is 32.2. The second-order valence-corrected chi connectivity index (χ2v) is 5.88. The predicted octanol–water partition coefficient (Wildman–Crippen LogP) is 1.86. The van der Waals surface area contributed by atoms with E-state index in [4.69, 9.17) is 5.73 Å². The average Bonchev–Trinajstić information content (AvgIpc) is 2.35. The summed E-state index contributed by atoms with van der Waals surface area (Å²) in [6, 6.07) is 2.07. The quantitative estimate of drug-likeness (QED) is 0.676. The number of anilines is 1. The van der Waals surface area contributed by atoms with Gasteiger partial charge in [0.05, 0.1) is 5.75 Å². The molecule has 19 heavy (non-hydrogen) atoms. The number of rotatable bonds is 3. The summed E-state index contributed by atoms with van der Waals surface area (Å²) < 4.78 is 0. The third kappa shape index (κ3) is 3.83. The Morgan fingerprint density at radius 3 is 3.00 bits per heavy atom. The molecule has 0 aliphatic carbocycles. The number of likely N-dealkylation sites (tertiary alicyclic amines) is 1. The van der Waals surface area contributed by atoms with Gasteiger partial charge in [0.25, 0.3) is 0 Å². The Hall–Kier alpha value is -1.30. The van der Waals surface area contributed by atoms with Crippen molar-refractivity contribution in [3.05, 3.63) is 11.8 Å². The van der Waals surface area contributed by atoms with Gasteiger partial charge < -0.3 is 10.6 Å². The number of hydrogen-bond acceptors (Lipinski definition) is 5. The molecule has 2 heterocycles. The van der Waals surface area contributed by atoms with Crippen LogP contribution in [0.3, 0.4) is 0 Å². The Kier molecular flexibility index (Phi) is 4.63. The first-order valence-corrected chi connectivity index (χ1v) is 7.58. The summed E-state index contributed by atoms with van der Waals surface area (Å²) in [5.74, 6) is 1.00. The largest absolute Gasteiger partial charge is 0.384 e. The number of nitrogen functional groups attached to an aromatic ring is 1. The maximum absolute atomic E-state index is 12.2. The van der Waals surface area contributed by atoms with Crippen molar-refractivity contribution in [1.29, 1.82) is 0 Å². The Balaban J connectivity index is 1.92. The van der Waals surface area contributed by atoms with Crippen LogP contribution in [0, 0.1) is 6.92 Å². The number of hydrogen-bond donors (Lipinski definition) is 1. The van der Waals surface area contributed by atoms with E-state index in [1.807, 2.05) is 11.8 Å². The lowest BCUT2D eigenvalue weighted by atomic mass is 10.0. The van der Waals surface area contributed by atoms with Crippen LogP contribution in [0.4, 0.5) is 5.82 Å². The fourth-order valence-electron chi connectivity index (χ4n) is 2.31. The predicted molar refractivity (Wildman–Crippen MR) is 76.9 cm³/mol. The lowest BCUT2D eigenvalue weighted by Gasteiger charge is -2.33. The van der Waals surface area contributed by atoms with E-state index in [1.165, 1.54) is 18.2 Å². The molecule has 1 aromatic heterocycles. The van der Waals surface area contributed by atoms with Crippen LogP contribution >= 0.6 is 11.8 Å². The lowest BCUT2D eigenvalue weighted by Crippen LogP contribution is -2.42. The monoisotopic (exact) mass is 280 g/mol. The Labute approximate surface area is 118 Å². The van der Waals surface area contributed by atoms with Gasteiger partial charge >= 0.3 is 0 Å². The van der Waals surface area contributed by atoms with Crippen LogP contribution in [-0.2, 0) is 4.79 Å². The first kappa shape index (κ1) is 14.1. The number of amides is 1. The van der Waals surface area contributed by atoms with Crippen LogP contribution in [0.2, 0.25) is 0 Å². The van der Waals surface area contributed by atoms with Gasteiger partial charge in [0, 0.05) is 24.3 Å². The van der Waals surface area contributed by atoms with Gasteiger partial charge in [-0.3, -0.25) is 4.79 Å². The van der Waals surface area contributed by atoms with Crippen LogP contribution in [-0.4, -0.2) is 39.1 Å². The molecule has 0 saturated carbocycles. The van der Waals surface area contributed by atoms with Gasteiger partial charge in [-0.2, -0.15) is 0 Å². The normalized spacial score (nSPS) is 19.5. The third-order valence-electron chi connectivity index (χ3n) is 3.30. The number of aromatic nitrogens is 2. The molecule has 0 aromatic carbocycles. The highest BCUT2D eigenvalue weighted by molar-refractivity contribution is 7.99. The van der Waals surface area contributed by atoms with Crippen molar-refractivity contribution < 1.29 is 4.79 Å². The SMILES string of the molecule is Cc1cc(N)nc(SCC(=O)N2CCCCC2C)n1. The van der Waals surface area contributed by atoms with Gasteiger partial charge in [-0.25, -0.2) is 9.97 Å². The van der Waals surface area contributed by atoms with E-state index in [2.05, 4.69) is 16.9 Å². The molecule has 0 spiro atoms. The summed E-state index contributed by atoms with van der Waals surface area (Å²) in [6.45, 7) is 4.86. The summed E-state index contributed by atoms with van der Waals surface area (Å²) in [4.78, 5) is 22.5. The van der Waals surface area contributed by atoms with Crippen LogP contribution in [0.1, 0.15) is 31.9 Å². The molecule has 0 radical (unpaired) electrons. The second-order valence-electron chi connectivity index (χ2n) is 4.94. The first-order chi connectivity index (χ1) is 9.06. The van der Waals surface area contributed by atoms with Crippen LogP contribution in [0.5, 0.6) is 0 Å². The van der Waals surface area contributed by atoms with E-state index in [9.17, 15) is 4.79 Å². The van der Waals surface area contributed by atoms with Crippen LogP contribution in [0.25, 0.3) is 0 Å². The molecule has 0 bridgehead atoms. The number of nitrogens with two attached hydrogens (primary N) is 1. The third-order valence-corrected chi connectivity index (χ3v) is 4.13. The number of piperidine rings is 1. The molecule has 2 rings (SSSR count). The molecule has 104 valence electrons. The number of nitrogens with zero attached hydrogens (tertiary/aromatic N) is 3. The molecule has 1 aromatic rings. The molecule has 1 amide bonds. The van der Waals surface area contributed by atoms with Gasteiger partial charge in [-0.1, -0.05) is 11.8 Å².